The summed E-state index contributed by atoms with van der Waals surface area (Å²) in [7, 11) is 0. The summed E-state index contributed by atoms with van der Waals surface area (Å²) in [4.78, 5) is 2.13. The molecule has 0 saturated heterocycles. The Hall–Kier alpha value is -1.87. The Morgan fingerprint density at radius 3 is 2.62 bits per heavy atom. The van der Waals surface area contributed by atoms with Gasteiger partial charge in [-0.05, 0) is 48.6 Å². The summed E-state index contributed by atoms with van der Waals surface area (Å²) in [6.45, 7) is 3.52. The van der Waals surface area contributed by atoms with Crippen molar-refractivity contribution in [3.63, 3.8) is 0 Å². The largest absolute Gasteiger partial charge is 0.365 e. The van der Waals surface area contributed by atoms with Crippen LogP contribution in [0.5, 0.6) is 0 Å². The molecule has 0 radical (unpaired) electrons. The summed E-state index contributed by atoms with van der Waals surface area (Å²) < 4.78 is 14.4. The third-order valence-corrected chi connectivity index (χ3v) is 4.19. The predicted octanol–water partition coefficient (Wildman–Crippen LogP) is 3.80. The number of rotatable bonds is 2. The molecule has 3 heteroatoms. The molecule has 1 aliphatic rings. The second-order valence-corrected chi connectivity index (χ2v) is 5.79. The highest BCUT2D eigenvalue weighted by molar-refractivity contribution is 5.51. The highest BCUT2D eigenvalue weighted by Gasteiger charge is 2.17. The Labute approximate surface area is 125 Å². The molecule has 3 rings (SSSR count). The van der Waals surface area contributed by atoms with Crippen molar-refractivity contribution in [1.29, 1.82) is 0 Å². The van der Waals surface area contributed by atoms with Crippen LogP contribution >= 0.6 is 0 Å². The van der Waals surface area contributed by atoms with E-state index >= 15 is 0 Å². The molecule has 1 aliphatic heterocycles. The van der Waals surface area contributed by atoms with Gasteiger partial charge in [-0.25, -0.2) is 4.39 Å². The molecule has 0 aromatic heterocycles. The molecule has 2 aromatic rings. The van der Waals surface area contributed by atoms with Crippen LogP contribution in [0.2, 0.25) is 0 Å². The van der Waals surface area contributed by atoms with E-state index in [1.807, 2.05) is 19.1 Å². The highest BCUT2D eigenvalue weighted by atomic mass is 19.1. The standard InChI is InChI=1S/C18H21FN2/c1-13(20)15-8-9-18(17(19)11-15)21-10-4-7-14-5-2-3-6-16(14)12-21/h2-3,5-6,8-9,11,13H,4,7,10,12,20H2,1H3/t13-/m1/s1. The second kappa shape index (κ2) is 5.86. The number of nitrogens with zero attached hydrogens (tertiary/aromatic N) is 1. The van der Waals surface area contributed by atoms with Gasteiger partial charge in [-0.1, -0.05) is 30.3 Å². The minimum Gasteiger partial charge on any atom is -0.365 e. The normalized spacial score (nSPS) is 16.2. The molecule has 0 aliphatic carbocycles. The van der Waals surface area contributed by atoms with Crippen molar-refractivity contribution in [1.82, 2.24) is 0 Å². The zero-order valence-electron chi connectivity index (χ0n) is 12.3. The van der Waals surface area contributed by atoms with Gasteiger partial charge in [0.15, 0.2) is 0 Å². The maximum absolute atomic E-state index is 14.4. The predicted molar refractivity (Wildman–Crippen MR) is 84.8 cm³/mol. The minimum absolute atomic E-state index is 0.140. The first-order valence-electron chi connectivity index (χ1n) is 7.52. The molecule has 21 heavy (non-hydrogen) atoms. The van der Waals surface area contributed by atoms with Crippen molar-refractivity contribution >= 4 is 5.69 Å². The Bertz CT molecular complexity index is 637. The van der Waals surface area contributed by atoms with E-state index in [1.165, 1.54) is 11.1 Å². The second-order valence-electron chi connectivity index (χ2n) is 5.79. The van der Waals surface area contributed by atoms with Crippen LogP contribution in [0.3, 0.4) is 0 Å². The lowest BCUT2D eigenvalue weighted by Gasteiger charge is -2.24. The molecule has 1 heterocycles. The molecule has 0 fully saturated rings. The fraction of sp³-hybridized carbons (Fsp3) is 0.333. The van der Waals surface area contributed by atoms with Crippen LogP contribution in [-0.4, -0.2) is 6.54 Å². The van der Waals surface area contributed by atoms with Gasteiger partial charge in [-0.2, -0.15) is 0 Å². The minimum atomic E-state index is -0.177. The molecular weight excluding hydrogens is 263 g/mol. The molecule has 0 saturated carbocycles. The lowest BCUT2D eigenvalue weighted by Crippen LogP contribution is -2.23. The van der Waals surface area contributed by atoms with Crippen LogP contribution < -0.4 is 10.6 Å². The number of nitrogens with two attached hydrogens (primary N) is 1. The summed E-state index contributed by atoms with van der Waals surface area (Å²) in [5.74, 6) is -0.177. The smallest absolute Gasteiger partial charge is 0.146 e. The van der Waals surface area contributed by atoms with E-state index in [9.17, 15) is 4.39 Å². The number of anilines is 1. The number of hydrogen-bond acceptors (Lipinski definition) is 2. The fourth-order valence-electron chi connectivity index (χ4n) is 2.97. The van der Waals surface area contributed by atoms with E-state index < -0.39 is 0 Å². The number of hydrogen-bond donors (Lipinski definition) is 1. The van der Waals surface area contributed by atoms with Gasteiger partial charge in [0.1, 0.15) is 5.82 Å². The summed E-state index contributed by atoms with van der Waals surface area (Å²) >= 11 is 0. The lowest BCUT2D eigenvalue weighted by atomic mass is 10.0. The van der Waals surface area contributed by atoms with Crippen molar-refractivity contribution < 1.29 is 4.39 Å². The molecule has 2 N–H and O–H groups in total. The van der Waals surface area contributed by atoms with Crippen LogP contribution in [-0.2, 0) is 13.0 Å². The van der Waals surface area contributed by atoms with Crippen molar-refractivity contribution in [3.05, 3.63) is 65.0 Å². The van der Waals surface area contributed by atoms with Gasteiger partial charge in [0.2, 0.25) is 0 Å². The van der Waals surface area contributed by atoms with E-state index in [-0.39, 0.29) is 11.9 Å². The topological polar surface area (TPSA) is 29.3 Å². The number of halogens is 1. The Morgan fingerprint density at radius 2 is 1.90 bits per heavy atom. The van der Waals surface area contributed by atoms with Crippen LogP contribution in [0.15, 0.2) is 42.5 Å². The van der Waals surface area contributed by atoms with Gasteiger partial charge in [-0.3, -0.25) is 0 Å². The Morgan fingerprint density at radius 1 is 1.14 bits per heavy atom. The van der Waals surface area contributed by atoms with Crippen molar-refractivity contribution in [2.24, 2.45) is 5.73 Å². The molecule has 2 nitrogen and oxygen atoms in total. The quantitative estimate of drug-likeness (QED) is 0.909. The maximum atomic E-state index is 14.4. The third-order valence-electron chi connectivity index (χ3n) is 4.19. The molecule has 0 amide bonds. The Balaban J connectivity index is 1.91. The summed E-state index contributed by atoms with van der Waals surface area (Å²) in [5.41, 5.74) is 10.0. The monoisotopic (exact) mass is 284 g/mol. The van der Waals surface area contributed by atoms with Crippen molar-refractivity contribution in [3.8, 4) is 0 Å². The van der Waals surface area contributed by atoms with Gasteiger partial charge >= 0.3 is 0 Å². The van der Waals surface area contributed by atoms with Crippen LogP contribution in [0, 0.1) is 5.82 Å². The first kappa shape index (κ1) is 14.1. The summed E-state index contributed by atoms with van der Waals surface area (Å²) in [6.07, 6.45) is 2.11. The van der Waals surface area contributed by atoms with Gasteiger partial charge in [0.05, 0.1) is 5.69 Å². The number of benzene rings is 2. The van der Waals surface area contributed by atoms with E-state index in [0.717, 1.165) is 31.5 Å². The average molecular weight is 284 g/mol. The first-order chi connectivity index (χ1) is 10.1. The van der Waals surface area contributed by atoms with Crippen LogP contribution in [0.1, 0.15) is 36.1 Å². The average Bonchev–Trinajstić information content (AvgIpc) is 2.69. The zero-order chi connectivity index (χ0) is 14.8. The zero-order valence-corrected chi connectivity index (χ0v) is 12.3. The van der Waals surface area contributed by atoms with E-state index in [0.29, 0.717) is 5.69 Å². The summed E-state index contributed by atoms with van der Waals surface area (Å²) in [6, 6.07) is 13.7. The fourth-order valence-corrected chi connectivity index (χ4v) is 2.97. The third kappa shape index (κ3) is 2.93. The Kier molecular flexibility index (Phi) is 3.93. The van der Waals surface area contributed by atoms with Gasteiger partial charge in [0.25, 0.3) is 0 Å². The molecule has 0 spiro atoms. The molecular formula is C18H21FN2. The first-order valence-corrected chi connectivity index (χ1v) is 7.52. The number of fused-ring (bicyclic) bond motifs is 1. The van der Waals surface area contributed by atoms with Crippen molar-refractivity contribution in [2.75, 3.05) is 11.4 Å². The molecule has 0 bridgehead atoms. The SMILES string of the molecule is C[C@@H](N)c1ccc(N2CCCc3ccccc3C2)c(F)c1. The molecule has 0 unspecified atom stereocenters. The van der Waals surface area contributed by atoms with Crippen LogP contribution in [0.4, 0.5) is 10.1 Å². The van der Waals surface area contributed by atoms with Gasteiger partial charge < -0.3 is 10.6 Å². The van der Waals surface area contributed by atoms with Gasteiger partial charge in [0, 0.05) is 19.1 Å². The van der Waals surface area contributed by atoms with E-state index in [2.05, 4.69) is 29.2 Å². The van der Waals surface area contributed by atoms with E-state index in [1.54, 1.807) is 6.07 Å². The van der Waals surface area contributed by atoms with Crippen molar-refractivity contribution in [2.45, 2.75) is 32.4 Å². The molecule has 110 valence electrons. The molecule has 2 aromatic carbocycles. The lowest BCUT2D eigenvalue weighted by molar-refractivity contribution is 0.610. The maximum Gasteiger partial charge on any atom is 0.146 e. The van der Waals surface area contributed by atoms with Crippen LogP contribution in [0.25, 0.3) is 0 Å². The van der Waals surface area contributed by atoms with E-state index in [4.69, 9.17) is 5.73 Å². The summed E-state index contributed by atoms with van der Waals surface area (Å²) in [5, 5.41) is 0. The van der Waals surface area contributed by atoms with Gasteiger partial charge in [-0.15, -0.1) is 0 Å². The molecule has 1 atom stereocenters. The highest BCUT2D eigenvalue weighted by Crippen LogP contribution is 2.27. The number of aryl methyl sites for hydroxylation is 1.